The fourth-order valence-electron chi connectivity index (χ4n) is 3.76. The number of carbonyl (C=O) groups is 1. The smallest absolute Gasteiger partial charge is 0.251 e. The van der Waals surface area contributed by atoms with Crippen molar-refractivity contribution in [2.45, 2.75) is 39.0 Å². The van der Waals surface area contributed by atoms with Crippen LogP contribution in [0.15, 0.2) is 29.2 Å². The van der Waals surface area contributed by atoms with Gasteiger partial charge < -0.3 is 4.90 Å². The molecule has 2 heterocycles. The van der Waals surface area contributed by atoms with Gasteiger partial charge in [0, 0.05) is 49.7 Å². The van der Waals surface area contributed by atoms with Crippen LogP contribution in [0.5, 0.6) is 0 Å². The summed E-state index contributed by atoms with van der Waals surface area (Å²) in [6.45, 7) is 8.93. The number of aryl methyl sites for hydroxylation is 2. The quantitative estimate of drug-likeness (QED) is 0.679. The molecule has 29 heavy (non-hydrogen) atoms. The number of hydrogen-bond donors (Lipinski definition) is 0. The number of aromatic nitrogens is 2. The van der Waals surface area contributed by atoms with E-state index in [1.54, 1.807) is 39.9 Å². The Labute approximate surface area is 172 Å². The lowest BCUT2D eigenvalue weighted by Gasteiger charge is -2.19. The third kappa shape index (κ3) is 3.86. The Balaban J connectivity index is 1.84. The Hall–Kier alpha value is -2.45. The van der Waals surface area contributed by atoms with Crippen LogP contribution in [0.2, 0.25) is 0 Å². The van der Waals surface area contributed by atoms with Gasteiger partial charge in [0.1, 0.15) is 0 Å². The van der Waals surface area contributed by atoms with Gasteiger partial charge in [-0.05, 0) is 50.1 Å². The molecule has 1 aliphatic rings. The number of amides is 1. The number of benzene rings is 1. The summed E-state index contributed by atoms with van der Waals surface area (Å²) in [5, 5.41) is 4.36. The van der Waals surface area contributed by atoms with Crippen LogP contribution >= 0.6 is 0 Å². The van der Waals surface area contributed by atoms with E-state index in [0.29, 0.717) is 26.1 Å². The van der Waals surface area contributed by atoms with Crippen LogP contribution in [-0.4, -0.2) is 48.0 Å². The van der Waals surface area contributed by atoms with E-state index in [0.717, 1.165) is 28.2 Å². The van der Waals surface area contributed by atoms with Crippen molar-refractivity contribution in [2.24, 2.45) is 7.05 Å². The van der Waals surface area contributed by atoms with Crippen molar-refractivity contribution < 1.29 is 13.2 Å². The number of hydrogen-bond acceptors (Lipinski definition) is 4. The van der Waals surface area contributed by atoms with E-state index in [1.807, 2.05) is 34.7 Å². The second-order valence-electron chi connectivity index (χ2n) is 7.16. The lowest BCUT2D eigenvalue weighted by molar-refractivity contribution is -0.114. The highest BCUT2D eigenvalue weighted by atomic mass is 32.2. The molecule has 0 N–H and O–H groups in total. The molecule has 7 nitrogen and oxygen atoms in total. The Morgan fingerprint density at radius 3 is 2.52 bits per heavy atom. The normalized spacial score (nSPS) is 14.2. The molecule has 0 bridgehead atoms. The predicted octanol–water partition coefficient (Wildman–Crippen LogP) is 2.67. The fourth-order valence-corrected chi connectivity index (χ4v) is 5.27. The summed E-state index contributed by atoms with van der Waals surface area (Å²) in [6.07, 6.45) is 4.01. The van der Waals surface area contributed by atoms with Crippen molar-refractivity contribution in [3.8, 4) is 0 Å². The zero-order valence-corrected chi connectivity index (χ0v) is 18.5. The second kappa shape index (κ2) is 8.12. The molecule has 0 fully saturated rings. The highest BCUT2D eigenvalue weighted by molar-refractivity contribution is 7.89. The highest BCUT2D eigenvalue weighted by Crippen LogP contribution is 2.31. The summed E-state index contributed by atoms with van der Waals surface area (Å²) >= 11 is 0. The minimum Gasteiger partial charge on any atom is -0.308 e. The van der Waals surface area contributed by atoms with Crippen molar-refractivity contribution in [2.75, 3.05) is 24.5 Å². The first kappa shape index (κ1) is 21.3. The van der Waals surface area contributed by atoms with Crippen molar-refractivity contribution in [1.82, 2.24) is 14.1 Å². The molecule has 156 valence electrons. The zero-order chi connectivity index (χ0) is 21.3. The summed E-state index contributed by atoms with van der Waals surface area (Å²) < 4.78 is 28.8. The molecule has 1 aromatic heterocycles. The van der Waals surface area contributed by atoms with Crippen LogP contribution in [0.25, 0.3) is 6.08 Å². The van der Waals surface area contributed by atoms with E-state index in [4.69, 9.17) is 0 Å². The number of anilines is 1. The Bertz CT molecular complexity index is 1070. The zero-order valence-electron chi connectivity index (χ0n) is 17.6. The summed E-state index contributed by atoms with van der Waals surface area (Å²) in [6, 6.07) is 5.04. The number of nitrogens with zero attached hydrogens (tertiary/aromatic N) is 4. The summed E-state index contributed by atoms with van der Waals surface area (Å²) in [7, 11) is -1.63. The molecule has 0 spiro atoms. The van der Waals surface area contributed by atoms with E-state index in [2.05, 4.69) is 5.10 Å². The van der Waals surface area contributed by atoms with Gasteiger partial charge in [-0.3, -0.25) is 9.48 Å². The molecule has 0 atom stereocenters. The van der Waals surface area contributed by atoms with E-state index in [9.17, 15) is 13.2 Å². The minimum atomic E-state index is -3.51. The largest absolute Gasteiger partial charge is 0.308 e. The van der Waals surface area contributed by atoms with Crippen LogP contribution in [0.3, 0.4) is 0 Å². The monoisotopic (exact) mass is 416 g/mol. The van der Waals surface area contributed by atoms with Crippen molar-refractivity contribution in [3.05, 3.63) is 46.8 Å². The van der Waals surface area contributed by atoms with Gasteiger partial charge in [0.05, 0.1) is 10.6 Å². The molecule has 0 unspecified atom stereocenters. The maximum absolute atomic E-state index is 12.8. The number of fused-ring (bicyclic) bond motifs is 1. The van der Waals surface area contributed by atoms with Gasteiger partial charge in [-0.2, -0.15) is 9.40 Å². The molecule has 8 heteroatoms. The Morgan fingerprint density at radius 1 is 1.24 bits per heavy atom. The van der Waals surface area contributed by atoms with Crippen molar-refractivity contribution in [3.63, 3.8) is 0 Å². The van der Waals surface area contributed by atoms with Gasteiger partial charge >= 0.3 is 0 Å². The molecular weight excluding hydrogens is 388 g/mol. The number of rotatable bonds is 6. The fraction of sp³-hybridized carbons (Fsp3) is 0.429. The van der Waals surface area contributed by atoms with Gasteiger partial charge in [-0.1, -0.05) is 13.8 Å². The molecule has 2 aromatic rings. The van der Waals surface area contributed by atoms with E-state index in [-0.39, 0.29) is 10.8 Å². The van der Waals surface area contributed by atoms with Gasteiger partial charge in [0.2, 0.25) is 10.0 Å². The Morgan fingerprint density at radius 2 is 1.93 bits per heavy atom. The lowest BCUT2D eigenvalue weighted by atomic mass is 10.1. The first-order chi connectivity index (χ1) is 13.7. The van der Waals surface area contributed by atoms with E-state index in [1.165, 1.54) is 4.31 Å². The molecule has 0 radical (unpaired) electrons. The number of carbonyl (C=O) groups excluding carboxylic acids is 1. The minimum absolute atomic E-state index is 0.120. The predicted molar refractivity (Wildman–Crippen MR) is 114 cm³/mol. The first-order valence-electron chi connectivity index (χ1n) is 9.83. The molecule has 1 amide bonds. The van der Waals surface area contributed by atoms with Gasteiger partial charge in [0.15, 0.2) is 0 Å². The van der Waals surface area contributed by atoms with E-state index < -0.39 is 10.0 Å². The van der Waals surface area contributed by atoms with Gasteiger partial charge in [-0.15, -0.1) is 0 Å². The summed E-state index contributed by atoms with van der Waals surface area (Å²) in [5.74, 6) is -0.120. The maximum Gasteiger partial charge on any atom is 0.251 e. The molecular formula is C21H28N4O3S. The third-order valence-corrected chi connectivity index (χ3v) is 7.56. The highest BCUT2D eigenvalue weighted by Gasteiger charge is 2.27. The third-order valence-electron chi connectivity index (χ3n) is 5.51. The van der Waals surface area contributed by atoms with Crippen LogP contribution in [-0.2, 0) is 28.3 Å². The first-order valence-corrected chi connectivity index (χ1v) is 11.3. The molecule has 0 aliphatic carbocycles. The second-order valence-corrected chi connectivity index (χ2v) is 9.10. The maximum atomic E-state index is 12.8. The van der Waals surface area contributed by atoms with Crippen LogP contribution < -0.4 is 4.90 Å². The standard InChI is InChI=1S/C21H28N4O3S/c1-6-24(7-2)29(27,28)18-8-10-20-17(14-18)12-13-25(20)21(26)11-9-19-15(3)22-23(5)16(19)4/h8-11,14H,6-7,12-13H2,1-5H3/b11-9+. The molecule has 1 aliphatic heterocycles. The average molecular weight is 417 g/mol. The molecule has 3 rings (SSSR count). The Kier molecular flexibility index (Phi) is 5.95. The number of sulfonamides is 1. The van der Waals surface area contributed by atoms with Gasteiger partial charge in [-0.25, -0.2) is 8.42 Å². The van der Waals surface area contributed by atoms with Crippen LogP contribution in [0, 0.1) is 13.8 Å². The van der Waals surface area contributed by atoms with Crippen molar-refractivity contribution in [1.29, 1.82) is 0 Å². The van der Waals surface area contributed by atoms with Gasteiger partial charge in [0.25, 0.3) is 5.91 Å². The van der Waals surface area contributed by atoms with Crippen LogP contribution in [0.4, 0.5) is 5.69 Å². The lowest BCUT2D eigenvalue weighted by Crippen LogP contribution is -2.30. The van der Waals surface area contributed by atoms with E-state index >= 15 is 0 Å². The van der Waals surface area contributed by atoms with Crippen molar-refractivity contribution >= 4 is 27.7 Å². The summed E-state index contributed by atoms with van der Waals surface area (Å²) in [5.41, 5.74) is 4.48. The molecule has 1 aromatic carbocycles. The average Bonchev–Trinajstić information content (AvgIpc) is 3.21. The molecule has 0 saturated heterocycles. The molecule has 0 saturated carbocycles. The van der Waals surface area contributed by atoms with Crippen LogP contribution in [0.1, 0.15) is 36.4 Å². The summed E-state index contributed by atoms with van der Waals surface area (Å²) in [4.78, 5) is 14.8. The topological polar surface area (TPSA) is 75.5 Å². The SMILES string of the molecule is CCN(CC)S(=O)(=O)c1ccc2c(c1)CCN2C(=O)/C=C/c1c(C)nn(C)c1C.